The minimum atomic E-state index is -0.762. The normalized spacial score (nSPS) is 20.5. The largest absolute Gasteiger partial charge is 0.480 e. The third-order valence-electron chi connectivity index (χ3n) is 2.65. The lowest BCUT2D eigenvalue weighted by Crippen LogP contribution is -2.53. The SMILES string of the molecule is C#CCNC1(C(=O)O)CCCCC1. The van der Waals surface area contributed by atoms with E-state index in [0.29, 0.717) is 19.4 Å². The van der Waals surface area contributed by atoms with Gasteiger partial charge in [0.2, 0.25) is 0 Å². The van der Waals surface area contributed by atoms with Crippen LogP contribution in [0.4, 0.5) is 0 Å². The molecule has 1 aliphatic carbocycles. The molecule has 0 radical (unpaired) electrons. The van der Waals surface area contributed by atoms with Crippen molar-refractivity contribution in [1.82, 2.24) is 5.32 Å². The van der Waals surface area contributed by atoms with Crippen LogP contribution in [0.15, 0.2) is 0 Å². The van der Waals surface area contributed by atoms with Gasteiger partial charge in [0.25, 0.3) is 0 Å². The van der Waals surface area contributed by atoms with Gasteiger partial charge in [-0.2, -0.15) is 0 Å². The number of hydrogen-bond acceptors (Lipinski definition) is 2. The van der Waals surface area contributed by atoms with E-state index < -0.39 is 11.5 Å². The Balaban J connectivity index is 2.62. The number of rotatable bonds is 3. The highest BCUT2D eigenvalue weighted by atomic mass is 16.4. The zero-order chi connectivity index (χ0) is 9.73. The molecule has 1 fully saturated rings. The molecule has 3 heteroatoms. The van der Waals surface area contributed by atoms with Gasteiger partial charge in [0.05, 0.1) is 6.54 Å². The van der Waals surface area contributed by atoms with Gasteiger partial charge in [-0.25, -0.2) is 0 Å². The highest BCUT2D eigenvalue weighted by molar-refractivity contribution is 5.78. The highest BCUT2D eigenvalue weighted by Crippen LogP contribution is 2.28. The number of carboxylic acid groups (broad SMARTS) is 1. The van der Waals surface area contributed by atoms with Crippen LogP contribution in [0.1, 0.15) is 32.1 Å². The first-order valence-electron chi connectivity index (χ1n) is 4.63. The van der Waals surface area contributed by atoms with Crippen LogP contribution in [0.25, 0.3) is 0 Å². The second-order valence-electron chi connectivity index (χ2n) is 3.51. The van der Waals surface area contributed by atoms with Gasteiger partial charge in [-0.1, -0.05) is 25.2 Å². The van der Waals surface area contributed by atoms with Crippen molar-refractivity contribution in [2.45, 2.75) is 37.6 Å². The summed E-state index contributed by atoms with van der Waals surface area (Å²) in [6, 6.07) is 0. The predicted octanol–water partition coefficient (Wildman–Crippen LogP) is 0.997. The second kappa shape index (κ2) is 4.29. The van der Waals surface area contributed by atoms with E-state index in [9.17, 15) is 4.79 Å². The van der Waals surface area contributed by atoms with E-state index in [1.165, 1.54) is 0 Å². The summed E-state index contributed by atoms with van der Waals surface area (Å²) in [5.74, 6) is 1.66. The Morgan fingerprint density at radius 3 is 2.54 bits per heavy atom. The number of hydrogen-bond donors (Lipinski definition) is 2. The fourth-order valence-corrected chi connectivity index (χ4v) is 1.84. The summed E-state index contributed by atoms with van der Waals surface area (Å²) >= 11 is 0. The van der Waals surface area contributed by atoms with E-state index in [4.69, 9.17) is 11.5 Å². The Labute approximate surface area is 78.5 Å². The molecule has 0 saturated heterocycles. The van der Waals surface area contributed by atoms with Crippen LogP contribution >= 0.6 is 0 Å². The van der Waals surface area contributed by atoms with Gasteiger partial charge in [0.1, 0.15) is 5.54 Å². The standard InChI is InChI=1S/C10H15NO2/c1-2-8-11-10(9(12)13)6-4-3-5-7-10/h1,11H,3-8H2,(H,12,13). The van der Waals surface area contributed by atoms with Crippen molar-refractivity contribution in [2.75, 3.05) is 6.54 Å². The first-order valence-corrected chi connectivity index (χ1v) is 4.63. The van der Waals surface area contributed by atoms with E-state index in [1.807, 2.05) is 0 Å². The Kier molecular flexibility index (Phi) is 3.32. The molecule has 0 aromatic carbocycles. The van der Waals surface area contributed by atoms with Crippen LogP contribution < -0.4 is 5.32 Å². The van der Waals surface area contributed by atoms with Crippen LogP contribution in [-0.2, 0) is 4.79 Å². The topological polar surface area (TPSA) is 49.3 Å². The Hall–Kier alpha value is -1.01. The average Bonchev–Trinajstić information content (AvgIpc) is 2.16. The maximum Gasteiger partial charge on any atom is 0.323 e. The highest BCUT2D eigenvalue weighted by Gasteiger charge is 2.38. The van der Waals surface area contributed by atoms with Crippen LogP contribution in [0.5, 0.6) is 0 Å². The average molecular weight is 181 g/mol. The van der Waals surface area contributed by atoms with Crippen molar-refractivity contribution in [3.63, 3.8) is 0 Å². The number of carboxylic acids is 1. The summed E-state index contributed by atoms with van der Waals surface area (Å²) in [6.07, 6.45) is 9.58. The molecule has 1 rings (SSSR count). The second-order valence-corrected chi connectivity index (χ2v) is 3.51. The Morgan fingerprint density at radius 1 is 1.46 bits per heavy atom. The Morgan fingerprint density at radius 2 is 2.08 bits per heavy atom. The molecule has 0 unspecified atom stereocenters. The lowest BCUT2D eigenvalue weighted by molar-refractivity contribution is -0.146. The minimum Gasteiger partial charge on any atom is -0.480 e. The molecule has 1 saturated carbocycles. The molecule has 2 N–H and O–H groups in total. The van der Waals surface area contributed by atoms with Gasteiger partial charge in [0.15, 0.2) is 0 Å². The van der Waals surface area contributed by atoms with Gasteiger partial charge in [-0.15, -0.1) is 6.42 Å². The van der Waals surface area contributed by atoms with Crippen molar-refractivity contribution in [3.8, 4) is 12.3 Å². The van der Waals surface area contributed by atoms with Gasteiger partial charge >= 0.3 is 5.97 Å². The summed E-state index contributed by atoms with van der Waals surface area (Å²) in [5, 5.41) is 12.0. The number of terminal acetylenes is 1. The van der Waals surface area contributed by atoms with Crippen LogP contribution in [-0.4, -0.2) is 23.2 Å². The smallest absolute Gasteiger partial charge is 0.323 e. The number of carbonyl (C=O) groups is 1. The summed E-state index contributed by atoms with van der Waals surface area (Å²) < 4.78 is 0. The van der Waals surface area contributed by atoms with Gasteiger partial charge in [-0.3, -0.25) is 10.1 Å². The summed E-state index contributed by atoms with van der Waals surface area (Å²) in [5.41, 5.74) is -0.745. The fraction of sp³-hybridized carbons (Fsp3) is 0.700. The van der Waals surface area contributed by atoms with E-state index >= 15 is 0 Å². The van der Waals surface area contributed by atoms with Crippen molar-refractivity contribution in [1.29, 1.82) is 0 Å². The van der Waals surface area contributed by atoms with Crippen molar-refractivity contribution in [2.24, 2.45) is 0 Å². The Bertz CT molecular complexity index is 224. The van der Waals surface area contributed by atoms with E-state index in [1.54, 1.807) is 0 Å². The van der Waals surface area contributed by atoms with E-state index in [-0.39, 0.29) is 0 Å². The molecule has 0 bridgehead atoms. The van der Waals surface area contributed by atoms with Crippen LogP contribution in [0.2, 0.25) is 0 Å². The first-order chi connectivity index (χ1) is 6.21. The molecule has 72 valence electrons. The maximum atomic E-state index is 11.1. The van der Waals surface area contributed by atoms with Crippen molar-refractivity contribution in [3.05, 3.63) is 0 Å². The molecular weight excluding hydrogens is 166 g/mol. The van der Waals surface area contributed by atoms with Gasteiger partial charge in [0, 0.05) is 0 Å². The molecule has 1 aliphatic rings. The summed E-state index contributed by atoms with van der Waals surface area (Å²) in [7, 11) is 0. The third kappa shape index (κ3) is 2.22. The molecule has 0 aromatic heterocycles. The quantitative estimate of drug-likeness (QED) is 0.638. The van der Waals surface area contributed by atoms with E-state index in [2.05, 4.69) is 11.2 Å². The van der Waals surface area contributed by atoms with Crippen LogP contribution in [0, 0.1) is 12.3 Å². The van der Waals surface area contributed by atoms with Gasteiger partial charge < -0.3 is 5.11 Å². The molecule has 0 heterocycles. The fourth-order valence-electron chi connectivity index (χ4n) is 1.84. The molecular formula is C10H15NO2. The maximum absolute atomic E-state index is 11.1. The zero-order valence-electron chi connectivity index (χ0n) is 7.68. The number of aliphatic carboxylic acids is 1. The van der Waals surface area contributed by atoms with Crippen molar-refractivity contribution < 1.29 is 9.90 Å². The lowest BCUT2D eigenvalue weighted by atomic mass is 9.82. The van der Waals surface area contributed by atoms with Crippen LogP contribution in [0.3, 0.4) is 0 Å². The molecule has 3 nitrogen and oxygen atoms in total. The molecule has 0 aliphatic heterocycles. The molecule has 13 heavy (non-hydrogen) atoms. The molecule has 0 spiro atoms. The number of nitrogens with one attached hydrogen (secondary N) is 1. The summed E-state index contributed by atoms with van der Waals surface area (Å²) in [4.78, 5) is 11.1. The predicted molar refractivity (Wildman–Crippen MR) is 50.3 cm³/mol. The lowest BCUT2D eigenvalue weighted by Gasteiger charge is -2.33. The summed E-state index contributed by atoms with van der Waals surface area (Å²) in [6.45, 7) is 0.340. The minimum absolute atomic E-state index is 0.340. The van der Waals surface area contributed by atoms with E-state index in [0.717, 1.165) is 19.3 Å². The zero-order valence-corrected chi connectivity index (χ0v) is 7.68. The third-order valence-corrected chi connectivity index (χ3v) is 2.65. The first kappa shape index (κ1) is 10.1. The van der Waals surface area contributed by atoms with Crippen molar-refractivity contribution >= 4 is 5.97 Å². The monoisotopic (exact) mass is 181 g/mol. The molecule has 0 aromatic rings. The van der Waals surface area contributed by atoms with Gasteiger partial charge in [-0.05, 0) is 12.8 Å². The molecule has 0 amide bonds. The molecule has 0 atom stereocenters.